The van der Waals surface area contributed by atoms with Crippen molar-refractivity contribution in [3.63, 3.8) is 0 Å². The predicted octanol–water partition coefficient (Wildman–Crippen LogP) is 2.93. The molecule has 0 radical (unpaired) electrons. The third-order valence-electron chi connectivity index (χ3n) is 4.85. The van der Waals surface area contributed by atoms with Crippen molar-refractivity contribution in [2.24, 2.45) is 12.8 Å². The second kappa shape index (κ2) is 7.04. The molecule has 0 amide bonds. The van der Waals surface area contributed by atoms with Gasteiger partial charge < -0.3 is 0 Å². The minimum atomic E-state index is 0.383. The molecular formula is C21H19BN8. The summed E-state index contributed by atoms with van der Waals surface area (Å²) >= 11 is 0. The summed E-state index contributed by atoms with van der Waals surface area (Å²) in [6.45, 7) is 5.84. The molecule has 0 saturated carbocycles. The monoisotopic (exact) mass is 394 g/mol. The Labute approximate surface area is 173 Å². The normalized spacial score (nSPS) is 11.0. The fraction of sp³-hybridized carbons (Fsp3) is 0.0476. The van der Waals surface area contributed by atoms with Gasteiger partial charge in [0.2, 0.25) is 0 Å². The average molecular weight is 394 g/mol. The summed E-state index contributed by atoms with van der Waals surface area (Å²) in [5, 5.41) is 7.62. The van der Waals surface area contributed by atoms with Gasteiger partial charge >= 0.3 is 144 Å². The van der Waals surface area contributed by atoms with Crippen molar-refractivity contribution in [2.45, 2.75) is 0 Å². The number of aromatic nitrogens is 6. The van der Waals surface area contributed by atoms with Gasteiger partial charge in [0.15, 0.2) is 0 Å². The molecule has 0 saturated heterocycles. The van der Waals surface area contributed by atoms with Crippen molar-refractivity contribution in [3.05, 3.63) is 79.6 Å². The summed E-state index contributed by atoms with van der Waals surface area (Å²) in [5.74, 6) is 2.60. The van der Waals surface area contributed by atoms with Gasteiger partial charge in [-0.2, -0.15) is 5.10 Å². The van der Waals surface area contributed by atoms with Crippen molar-refractivity contribution >= 4 is 29.8 Å². The second-order valence-electron chi connectivity index (χ2n) is 7.00. The predicted molar refractivity (Wildman–Crippen MR) is 119 cm³/mol. The van der Waals surface area contributed by atoms with Gasteiger partial charge in [-0.1, -0.05) is 0 Å². The molecule has 0 aliphatic heterocycles. The average Bonchev–Trinajstić information content (AvgIpc) is 3.49. The molecule has 0 unspecified atom stereocenters. The molecule has 1 aromatic carbocycles. The molecular weight excluding hydrogens is 375 g/mol. The van der Waals surface area contributed by atoms with Crippen molar-refractivity contribution in [2.75, 3.05) is 5.32 Å². The van der Waals surface area contributed by atoms with Crippen LogP contribution in [-0.4, -0.2) is 35.6 Å². The summed E-state index contributed by atoms with van der Waals surface area (Å²) in [6.07, 6.45) is 11.4. The van der Waals surface area contributed by atoms with Crippen LogP contribution in [0.25, 0.3) is 28.3 Å². The summed E-state index contributed by atoms with van der Waals surface area (Å²) in [7, 11) is 1.88. The maximum atomic E-state index is 5.97. The Morgan fingerprint density at radius 2 is 2.00 bits per heavy atom. The Bertz CT molecular complexity index is 1350. The third-order valence-corrected chi connectivity index (χ3v) is 4.85. The van der Waals surface area contributed by atoms with E-state index >= 15 is 0 Å². The van der Waals surface area contributed by atoms with Crippen LogP contribution >= 0.6 is 0 Å². The van der Waals surface area contributed by atoms with Gasteiger partial charge in [-0.05, 0) is 0 Å². The van der Waals surface area contributed by atoms with E-state index in [1.165, 1.54) is 0 Å². The topological polar surface area (TPSA) is 91.0 Å². The number of nitrogens with zero attached hydrogens (tertiary/aromatic N) is 6. The number of imidazole rings is 1. The zero-order valence-corrected chi connectivity index (χ0v) is 16.4. The molecule has 146 valence electrons. The van der Waals surface area contributed by atoms with Crippen LogP contribution in [0.5, 0.6) is 0 Å². The van der Waals surface area contributed by atoms with Crippen molar-refractivity contribution in [1.29, 1.82) is 0 Å². The molecule has 9 heteroatoms. The van der Waals surface area contributed by atoms with E-state index in [-0.39, 0.29) is 0 Å². The van der Waals surface area contributed by atoms with E-state index in [0.717, 1.165) is 22.6 Å². The summed E-state index contributed by atoms with van der Waals surface area (Å²) in [6, 6.07) is 8.08. The Kier molecular flexibility index (Phi) is 4.20. The zero-order chi connectivity index (χ0) is 20.7. The first kappa shape index (κ1) is 17.9. The van der Waals surface area contributed by atoms with Crippen LogP contribution in [0, 0.1) is 0 Å². The van der Waals surface area contributed by atoms with Gasteiger partial charge in [0.25, 0.3) is 0 Å². The Balaban J connectivity index is 1.56. The van der Waals surface area contributed by atoms with Crippen molar-refractivity contribution < 1.29 is 0 Å². The first-order valence-corrected chi connectivity index (χ1v) is 9.41. The number of benzene rings is 1. The van der Waals surface area contributed by atoms with Gasteiger partial charge in [-0.15, -0.1) is 0 Å². The standard InChI is InChI=1S/C21H19BN8/c1-14(23)18-12-30-19(15-9-25-28(2)11-15)10-24-21(30)20(27-18)26-16-3-5-17(6-4-16)29-8-7-22-13-29/h3-13H,1,23H2,2H3,(H,26,27). The van der Waals surface area contributed by atoms with Gasteiger partial charge in [0.05, 0.1) is 6.20 Å². The number of nitrogens with two attached hydrogens (primary N) is 1. The summed E-state index contributed by atoms with van der Waals surface area (Å²) in [5.41, 5.74) is 11.4. The quantitative estimate of drug-likeness (QED) is 0.478. The number of hydrogen-bond acceptors (Lipinski definition) is 5. The molecule has 0 aliphatic rings. The molecule has 0 atom stereocenters. The molecule has 30 heavy (non-hydrogen) atoms. The van der Waals surface area contributed by atoms with E-state index in [4.69, 9.17) is 5.73 Å². The molecule has 0 spiro atoms. The molecule has 8 nitrogen and oxygen atoms in total. The number of aryl methyl sites for hydroxylation is 1. The molecule has 4 aromatic heterocycles. The third kappa shape index (κ3) is 3.16. The van der Waals surface area contributed by atoms with Crippen LogP contribution in [0.3, 0.4) is 0 Å². The van der Waals surface area contributed by atoms with Crippen LogP contribution in [0.4, 0.5) is 11.5 Å². The van der Waals surface area contributed by atoms with E-state index in [0.29, 0.717) is 22.9 Å². The maximum absolute atomic E-state index is 5.97. The number of rotatable bonds is 5. The van der Waals surface area contributed by atoms with Gasteiger partial charge in [0.1, 0.15) is 0 Å². The molecule has 3 N–H and O–H groups in total. The van der Waals surface area contributed by atoms with Crippen molar-refractivity contribution in [3.8, 4) is 16.9 Å². The van der Waals surface area contributed by atoms with Crippen molar-refractivity contribution in [1.82, 2.24) is 28.7 Å². The van der Waals surface area contributed by atoms with Gasteiger partial charge in [-0.3, -0.25) is 4.68 Å². The molecule has 0 bridgehead atoms. The van der Waals surface area contributed by atoms with Gasteiger partial charge in [0, 0.05) is 13.2 Å². The van der Waals surface area contributed by atoms with Crippen LogP contribution < -0.4 is 11.1 Å². The number of anilines is 2. The molecule has 5 rings (SSSR count). The molecule has 4 heterocycles. The fourth-order valence-electron chi connectivity index (χ4n) is 3.35. The van der Waals surface area contributed by atoms with E-state index in [1.807, 2.05) is 77.8 Å². The van der Waals surface area contributed by atoms with E-state index < -0.39 is 0 Å². The Morgan fingerprint density at radius 1 is 1.17 bits per heavy atom. The number of hydrogen-bond donors (Lipinski definition) is 2. The number of nitrogens with one attached hydrogen (secondary N) is 1. The molecule has 0 fully saturated rings. The van der Waals surface area contributed by atoms with E-state index in [2.05, 4.69) is 27.0 Å². The summed E-state index contributed by atoms with van der Waals surface area (Å²) in [4.78, 5) is 9.22. The van der Waals surface area contributed by atoms with E-state index in [9.17, 15) is 0 Å². The summed E-state index contributed by atoms with van der Waals surface area (Å²) < 4.78 is 5.76. The minimum absolute atomic E-state index is 0.383. The number of fused-ring (bicyclic) bond motifs is 1. The fourth-order valence-corrected chi connectivity index (χ4v) is 3.35. The zero-order valence-electron chi connectivity index (χ0n) is 16.4. The first-order valence-electron chi connectivity index (χ1n) is 9.41. The van der Waals surface area contributed by atoms with Crippen LogP contribution in [0.1, 0.15) is 5.69 Å². The molecule has 0 aliphatic carbocycles. The Hall–Kier alpha value is -4.14. The SMILES string of the molecule is C=C(N)c1cn2c(-c3cnn(C)c3)cnc2c(Nc2ccc(-n3cbcc3)cc2)n1. The Morgan fingerprint density at radius 3 is 2.67 bits per heavy atom. The molecule has 5 aromatic rings. The van der Waals surface area contributed by atoms with Crippen LogP contribution in [-0.2, 0) is 7.05 Å². The first-order chi connectivity index (χ1) is 14.6. The van der Waals surface area contributed by atoms with Gasteiger partial charge in [-0.25, -0.2) is 0 Å². The van der Waals surface area contributed by atoms with Crippen LogP contribution in [0.2, 0.25) is 0 Å². The van der Waals surface area contributed by atoms with E-state index in [1.54, 1.807) is 17.1 Å². The second-order valence-corrected chi connectivity index (χ2v) is 7.00. The van der Waals surface area contributed by atoms with Crippen LogP contribution in [0.15, 0.2) is 73.9 Å².